The van der Waals surface area contributed by atoms with Crippen molar-refractivity contribution in [2.75, 3.05) is 39.6 Å². The maximum absolute atomic E-state index is 12.5. The molecule has 2 aromatic carbocycles. The Balaban J connectivity index is 1.88. The molecule has 0 aliphatic rings. The summed E-state index contributed by atoms with van der Waals surface area (Å²) >= 11 is 0. The van der Waals surface area contributed by atoms with Crippen LogP contribution in [0.2, 0.25) is 6.04 Å². The van der Waals surface area contributed by atoms with Crippen molar-refractivity contribution in [3.8, 4) is 11.5 Å². The van der Waals surface area contributed by atoms with Crippen LogP contribution in [-0.4, -0.2) is 60.6 Å². The molecule has 194 valence electrons. The molecule has 1 amide bonds. The van der Waals surface area contributed by atoms with Crippen molar-refractivity contribution in [3.63, 3.8) is 0 Å². The largest absolute Gasteiger partial charge is 0.500 e. The molecule has 9 heteroatoms. The van der Waals surface area contributed by atoms with Crippen LogP contribution in [0.25, 0.3) is 0 Å². The van der Waals surface area contributed by atoms with Crippen LogP contribution in [0.3, 0.4) is 0 Å². The predicted octanol–water partition coefficient (Wildman–Crippen LogP) is 4.99. The Kier molecular flexibility index (Phi) is 13.2. The number of ether oxygens (including phenoxy) is 3. The van der Waals surface area contributed by atoms with Gasteiger partial charge in [-0.1, -0.05) is 36.4 Å². The summed E-state index contributed by atoms with van der Waals surface area (Å²) in [6.07, 6.45) is -0.484. The van der Waals surface area contributed by atoms with Gasteiger partial charge in [0.1, 0.15) is 24.7 Å². The molecule has 0 aliphatic carbocycles. The highest BCUT2D eigenvalue weighted by Gasteiger charge is 2.39. The third kappa shape index (κ3) is 10.7. The minimum Gasteiger partial charge on any atom is -0.490 e. The van der Waals surface area contributed by atoms with Crippen molar-refractivity contribution in [2.24, 2.45) is 0 Å². The first-order chi connectivity index (χ1) is 17.0. The normalized spacial score (nSPS) is 12.1. The lowest BCUT2D eigenvalue weighted by molar-refractivity contribution is 0.0352. The van der Waals surface area contributed by atoms with Gasteiger partial charge in [-0.2, -0.15) is 0 Å². The van der Waals surface area contributed by atoms with Crippen LogP contribution in [0.4, 0.5) is 4.79 Å². The van der Waals surface area contributed by atoms with Gasteiger partial charge >= 0.3 is 14.9 Å². The summed E-state index contributed by atoms with van der Waals surface area (Å²) in [6.45, 7) is 10.0. The number of hydrogen-bond donors (Lipinski definition) is 1. The minimum atomic E-state index is -2.74. The Hall–Kier alpha value is -2.59. The fourth-order valence-electron chi connectivity index (χ4n) is 3.41. The van der Waals surface area contributed by atoms with Crippen LogP contribution < -0.4 is 14.8 Å². The second kappa shape index (κ2) is 16.1. The standard InChI is InChI=1S/C26H39NO7Si/c1-5-31-35(32-6-2,33-7-3)19-13-18-27-26(28)34-24(20-29-23-15-9-8-10-16-23)21-30-25-17-12-11-14-22(25)4/h8-12,14-17,24H,5-7,13,18-21H2,1-4H3,(H,27,28). The van der Waals surface area contributed by atoms with Gasteiger partial charge in [-0.05, 0) is 57.9 Å². The number of hydrogen-bond acceptors (Lipinski definition) is 7. The Labute approximate surface area is 210 Å². The van der Waals surface area contributed by atoms with Gasteiger partial charge in [0.25, 0.3) is 0 Å². The molecule has 0 spiro atoms. The third-order valence-corrected chi connectivity index (χ3v) is 8.14. The first-order valence-corrected chi connectivity index (χ1v) is 14.2. The summed E-state index contributed by atoms with van der Waals surface area (Å²) in [5.41, 5.74) is 1.00. The van der Waals surface area contributed by atoms with Crippen LogP contribution in [0.1, 0.15) is 32.8 Å². The summed E-state index contributed by atoms with van der Waals surface area (Å²) in [7, 11) is -2.74. The van der Waals surface area contributed by atoms with Gasteiger partial charge in [0.05, 0.1) is 0 Å². The van der Waals surface area contributed by atoms with E-state index in [0.29, 0.717) is 44.6 Å². The van der Waals surface area contributed by atoms with Gasteiger partial charge < -0.3 is 32.8 Å². The molecule has 0 radical (unpaired) electrons. The molecule has 2 rings (SSSR count). The summed E-state index contributed by atoms with van der Waals surface area (Å²) in [4.78, 5) is 12.5. The van der Waals surface area contributed by atoms with Gasteiger partial charge in [-0.3, -0.25) is 0 Å². The van der Waals surface area contributed by atoms with E-state index in [1.165, 1.54) is 0 Å². The van der Waals surface area contributed by atoms with Gasteiger partial charge in [-0.25, -0.2) is 4.79 Å². The van der Waals surface area contributed by atoms with E-state index in [4.69, 9.17) is 27.5 Å². The lowest BCUT2D eigenvalue weighted by Gasteiger charge is -2.28. The number of para-hydroxylation sites is 2. The maximum Gasteiger partial charge on any atom is 0.500 e. The average Bonchev–Trinajstić information content (AvgIpc) is 2.85. The molecule has 35 heavy (non-hydrogen) atoms. The van der Waals surface area contributed by atoms with E-state index in [2.05, 4.69) is 5.32 Å². The molecule has 0 bridgehead atoms. The SMILES string of the molecule is CCO[Si](CCCNC(=O)OC(COc1ccccc1)COc1ccccc1C)(OCC)OCC. The smallest absolute Gasteiger partial charge is 0.490 e. The molecular weight excluding hydrogens is 466 g/mol. The van der Waals surface area contributed by atoms with E-state index < -0.39 is 21.0 Å². The quantitative estimate of drug-likeness (QED) is 0.240. The zero-order valence-electron chi connectivity index (χ0n) is 21.3. The van der Waals surface area contributed by atoms with Crippen molar-refractivity contribution in [2.45, 2.75) is 46.3 Å². The van der Waals surface area contributed by atoms with Gasteiger partial charge in [0.2, 0.25) is 0 Å². The number of carbonyl (C=O) groups is 1. The number of nitrogens with one attached hydrogen (secondary N) is 1. The molecule has 0 saturated heterocycles. The molecule has 1 N–H and O–H groups in total. The number of rotatable bonds is 17. The average molecular weight is 506 g/mol. The molecule has 0 saturated carbocycles. The number of alkyl carbamates (subject to hydrolysis) is 1. The Bertz CT molecular complexity index is 836. The molecule has 0 fully saturated rings. The maximum atomic E-state index is 12.5. The topological polar surface area (TPSA) is 84.5 Å². The van der Waals surface area contributed by atoms with Crippen molar-refractivity contribution < 1.29 is 32.3 Å². The van der Waals surface area contributed by atoms with E-state index in [1.807, 2.05) is 82.3 Å². The molecular formula is C26H39NO7Si. The van der Waals surface area contributed by atoms with E-state index in [1.54, 1.807) is 0 Å². The number of carbonyl (C=O) groups excluding carboxylic acids is 1. The van der Waals surface area contributed by atoms with Crippen LogP contribution in [-0.2, 0) is 18.0 Å². The van der Waals surface area contributed by atoms with E-state index in [0.717, 1.165) is 11.3 Å². The van der Waals surface area contributed by atoms with Gasteiger partial charge in [0, 0.05) is 32.4 Å². The third-order valence-electron chi connectivity index (χ3n) is 4.99. The molecule has 1 unspecified atom stereocenters. The van der Waals surface area contributed by atoms with Crippen molar-refractivity contribution in [1.82, 2.24) is 5.32 Å². The van der Waals surface area contributed by atoms with Gasteiger partial charge in [-0.15, -0.1) is 0 Å². The van der Waals surface area contributed by atoms with Crippen molar-refractivity contribution in [3.05, 3.63) is 60.2 Å². The highest BCUT2D eigenvalue weighted by molar-refractivity contribution is 6.60. The Morgan fingerprint density at radius 3 is 2.09 bits per heavy atom. The fraction of sp³-hybridized carbons (Fsp3) is 0.500. The molecule has 2 aromatic rings. The summed E-state index contributed by atoms with van der Waals surface area (Å²) in [6, 6.07) is 17.7. The van der Waals surface area contributed by atoms with E-state index in [9.17, 15) is 4.79 Å². The number of aryl methyl sites for hydroxylation is 1. The molecule has 0 aromatic heterocycles. The highest BCUT2D eigenvalue weighted by Crippen LogP contribution is 2.19. The molecule has 0 heterocycles. The first kappa shape index (κ1) is 28.6. The molecule has 1 atom stereocenters. The molecule has 8 nitrogen and oxygen atoms in total. The monoisotopic (exact) mass is 505 g/mol. The predicted molar refractivity (Wildman–Crippen MR) is 137 cm³/mol. The van der Waals surface area contributed by atoms with E-state index in [-0.39, 0.29) is 13.2 Å². The van der Waals surface area contributed by atoms with Gasteiger partial charge in [0.15, 0.2) is 6.10 Å². The number of benzene rings is 2. The van der Waals surface area contributed by atoms with Crippen LogP contribution in [0.15, 0.2) is 54.6 Å². The summed E-state index contributed by atoms with van der Waals surface area (Å²) < 4.78 is 34.9. The molecule has 0 aliphatic heterocycles. The number of amides is 1. The Morgan fingerprint density at radius 1 is 0.857 bits per heavy atom. The zero-order valence-corrected chi connectivity index (χ0v) is 22.3. The second-order valence-electron chi connectivity index (χ2n) is 7.74. The van der Waals surface area contributed by atoms with Crippen LogP contribution in [0.5, 0.6) is 11.5 Å². The zero-order chi connectivity index (χ0) is 25.4. The minimum absolute atomic E-state index is 0.165. The van der Waals surface area contributed by atoms with Crippen LogP contribution in [0, 0.1) is 6.92 Å². The Morgan fingerprint density at radius 2 is 1.46 bits per heavy atom. The fourth-order valence-corrected chi connectivity index (χ4v) is 6.03. The van der Waals surface area contributed by atoms with Crippen molar-refractivity contribution in [1.29, 1.82) is 0 Å². The van der Waals surface area contributed by atoms with E-state index >= 15 is 0 Å². The lowest BCUT2D eigenvalue weighted by Crippen LogP contribution is -2.46. The van der Waals surface area contributed by atoms with Crippen molar-refractivity contribution >= 4 is 14.9 Å². The van der Waals surface area contributed by atoms with Crippen LogP contribution >= 0.6 is 0 Å². The summed E-state index contributed by atoms with van der Waals surface area (Å²) in [5.74, 6) is 1.44. The highest BCUT2D eigenvalue weighted by atomic mass is 28.4. The lowest BCUT2D eigenvalue weighted by atomic mass is 10.2. The first-order valence-electron chi connectivity index (χ1n) is 12.2. The summed E-state index contributed by atoms with van der Waals surface area (Å²) in [5, 5.41) is 2.80. The second-order valence-corrected chi connectivity index (χ2v) is 10.5.